The zero-order valence-electron chi connectivity index (χ0n) is 18.1. The van der Waals surface area contributed by atoms with Gasteiger partial charge in [0.25, 0.3) is 5.78 Å². The number of nitrogens with zero attached hydrogens (tertiary/aromatic N) is 6. The van der Waals surface area contributed by atoms with E-state index >= 15 is 0 Å². The van der Waals surface area contributed by atoms with Gasteiger partial charge in [-0.2, -0.15) is 14.6 Å². The maximum absolute atomic E-state index is 12.4. The quantitative estimate of drug-likeness (QED) is 0.575. The first-order valence-corrected chi connectivity index (χ1v) is 11.0. The van der Waals surface area contributed by atoms with Crippen LogP contribution in [0.1, 0.15) is 24.0 Å². The zero-order chi connectivity index (χ0) is 22.8. The van der Waals surface area contributed by atoms with Crippen LogP contribution in [0.5, 0.6) is 5.75 Å². The second-order valence-electron chi connectivity index (χ2n) is 8.19. The summed E-state index contributed by atoms with van der Waals surface area (Å²) in [6.45, 7) is 2.14. The molecule has 0 bridgehead atoms. The maximum atomic E-state index is 12.4. The largest absolute Gasteiger partial charge is 0.491 e. The van der Waals surface area contributed by atoms with Crippen molar-refractivity contribution >= 4 is 23.6 Å². The van der Waals surface area contributed by atoms with Crippen molar-refractivity contribution < 1.29 is 19.4 Å². The minimum absolute atomic E-state index is 0.178. The molecule has 33 heavy (non-hydrogen) atoms. The summed E-state index contributed by atoms with van der Waals surface area (Å²) in [5, 5.41) is 15.2. The molecular weight excluding hydrogens is 426 g/mol. The van der Waals surface area contributed by atoms with Crippen LogP contribution in [-0.4, -0.2) is 73.9 Å². The fourth-order valence-electron chi connectivity index (χ4n) is 4.60. The lowest BCUT2D eigenvalue weighted by Gasteiger charge is -2.31. The highest BCUT2D eigenvalue weighted by atomic mass is 16.5. The van der Waals surface area contributed by atoms with Crippen molar-refractivity contribution in [2.75, 3.05) is 31.1 Å². The summed E-state index contributed by atoms with van der Waals surface area (Å²) < 4.78 is 8.06. The van der Waals surface area contributed by atoms with Crippen LogP contribution < -0.4 is 15.0 Å². The number of aromatic nitrogens is 4. The third-order valence-electron chi connectivity index (χ3n) is 6.24. The number of rotatable bonds is 6. The first-order chi connectivity index (χ1) is 16.1. The van der Waals surface area contributed by atoms with Gasteiger partial charge < -0.3 is 25.0 Å². The first-order valence-electron chi connectivity index (χ1n) is 11.0. The lowest BCUT2D eigenvalue weighted by atomic mass is 9.98. The number of benzene rings is 1. The molecule has 11 nitrogen and oxygen atoms in total. The Bertz CT molecular complexity index is 1180. The van der Waals surface area contributed by atoms with Gasteiger partial charge in [0, 0.05) is 31.4 Å². The van der Waals surface area contributed by atoms with E-state index in [1.165, 1.54) is 6.33 Å². The fraction of sp³-hybridized carbons (Fsp3) is 0.409. The number of carbonyl (C=O) groups excluding carboxylic acids is 1. The summed E-state index contributed by atoms with van der Waals surface area (Å²) in [7, 11) is 0. The third kappa shape index (κ3) is 4.26. The molecule has 0 saturated carbocycles. The van der Waals surface area contributed by atoms with E-state index in [1.807, 2.05) is 18.2 Å². The Balaban J connectivity index is 1.29. The van der Waals surface area contributed by atoms with Gasteiger partial charge in [-0.1, -0.05) is 12.1 Å². The molecule has 11 heteroatoms. The van der Waals surface area contributed by atoms with Gasteiger partial charge in [0.15, 0.2) is 0 Å². The van der Waals surface area contributed by atoms with Crippen LogP contribution >= 0.6 is 0 Å². The lowest BCUT2D eigenvalue weighted by molar-refractivity contribution is -0.131. The zero-order valence-corrected chi connectivity index (χ0v) is 18.1. The summed E-state index contributed by atoms with van der Waals surface area (Å²) in [6.07, 6.45) is 4.80. The minimum Gasteiger partial charge on any atom is -0.491 e. The number of nitrogens with one attached hydrogen (secondary N) is 1. The van der Waals surface area contributed by atoms with Crippen molar-refractivity contribution in [2.24, 2.45) is 0 Å². The van der Waals surface area contributed by atoms with E-state index in [1.54, 1.807) is 15.6 Å². The number of carboxylic acid groups (broad SMARTS) is 1. The Hall–Kier alpha value is -3.89. The van der Waals surface area contributed by atoms with E-state index in [0.29, 0.717) is 31.9 Å². The van der Waals surface area contributed by atoms with Crippen molar-refractivity contribution in [1.29, 1.82) is 0 Å². The molecule has 2 aliphatic rings. The highest BCUT2D eigenvalue weighted by Crippen LogP contribution is 2.30. The molecule has 1 aromatic carbocycles. The molecule has 1 unspecified atom stereocenters. The number of amides is 2. The molecule has 1 atom stereocenters. The molecule has 2 amide bonds. The van der Waals surface area contributed by atoms with Gasteiger partial charge in [0.05, 0.1) is 6.04 Å². The molecule has 5 rings (SSSR count). The summed E-state index contributed by atoms with van der Waals surface area (Å²) in [4.78, 5) is 35.5. The van der Waals surface area contributed by atoms with E-state index in [9.17, 15) is 9.59 Å². The molecule has 3 aromatic rings. The van der Waals surface area contributed by atoms with Gasteiger partial charge in [-0.15, -0.1) is 0 Å². The van der Waals surface area contributed by atoms with E-state index in [2.05, 4.69) is 31.3 Å². The van der Waals surface area contributed by atoms with Crippen LogP contribution in [0.15, 0.2) is 36.8 Å². The van der Waals surface area contributed by atoms with Gasteiger partial charge in [-0.05, 0) is 37.0 Å². The van der Waals surface area contributed by atoms with Gasteiger partial charge >= 0.3 is 6.09 Å². The van der Waals surface area contributed by atoms with Gasteiger partial charge in [-0.3, -0.25) is 4.79 Å². The summed E-state index contributed by atoms with van der Waals surface area (Å²) in [5.41, 5.74) is 2.14. The molecule has 1 fully saturated rings. The van der Waals surface area contributed by atoms with E-state index < -0.39 is 6.09 Å². The van der Waals surface area contributed by atoms with E-state index in [-0.39, 0.29) is 18.5 Å². The van der Waals surface area contributed by atoms with Crippen molar-refractivity contribution in [3.8, 4) is 5.75 Å². The third-order valence-corrected chi connectivity index (χ3v) is 6.24. The fourth-order valence-corrected chi connectivity index (χ4v) is 4.60. The molecule has 2 N–H and O–H groups in total. The smallest absolute Gasteiger partial charge is 0.405 e. The first kappa shape index (κ1) is 21.0. The van der Waals surface area contributed by atoms with Crippen LogP contribution in [0.25, 0.3) is 5.78 Å². The molecule has 1 saturated heterocycles. The van der Waals surface area contributed by atoms with Crippen molar-refractivity contribution in [2.45, 2.75) is 31.8 Å². The van der Waals surface area contributed by atoms with Crippen LogP contribution in [0.3, 0.4) is 0 Å². The summed E-state index contributed by atoms with van der Waals surface area (Å²) in [6, 6.07) is 8.09. The minimum atomic E-state index is -1.21. The second-order valence-corrected chi connectivity index (χ2v) is 8.19. The normalized spacial score (nSPS) is 17.8. The van der Waals surface area contributed by atoms with Crippen molar-refractivity contribution in [1.82, 2.24) is 29.8 Å². The van der Waals surface area contributed by atoms with Gasteiger partial charge in [0.1, 0.15) is 31.0 Å². The van der Waals surface area contributed by atoms with E-state index in [0.717, 1.165) is 42.1 Å². The Morgan fingerprint density at radius 3 is 3.00 bits per heavy atom. The lowest BCUT2D eigenvalue weighted by Crippen LogP contribution is -2.42. The second kappa shape index (κ2) is 8.93. The molecule has 0 aliphatic carbocycles. The Morgan fingerprint density at radius 2 is 2.12 bits per heavy atom. The number of carbonyl (C=O) groups is 2. The molecule has 4 heterocycles. The highest BCUT2D eigenvalue weighted by molar-refractivity contribution is 5.82. The van der Waals surface area contributed by atoms with Crippen LogP contribution in [0.2, 0.25) is 0 Å². The molecule has 172 valence electrons. The number of hydrogen-bond acceptors (Lipinski definition) is 7. The number of hydrogen-bond donors (Lipinski definition) is 2. The number of anilines is 1. The molecule has 2 aromatic heterocycles. The molecule has 2 aliphatic heterocycles. The monoisotopic (exact) mass is 451 g/mol. The molecule has 0 radical (unpaired) electrons. The van der Waals surface area contributed by atoms with Gasteiger partial charge in [-0.25, -0.2) is 9.78 Å². The summed E-state index contributed by atoms with van der Waals surface area (Å²) in [5.74, 6) is 2.04. The number of fused-ring (bicyclic) bond motifs is 2. The van der Waals surface area contributed by atoms with Gasteiger partial charge in [0.2, 0.25) is 5.91 Å². The topological polar surface area (TPSA) is 125 Å². The average Bonchev–Trinajstić information content (AvgIpc) is 3.50. The van der Waals surface area contributed by atoms with Crippen LogP contribution in [0, 0.1) is 0 Å². The Morgan fingerprint density at radius 1 is 1.21 bits per heavy atom. The van der Waals surface area contributed by atoms with E-state index in [4.69, 9.17) is 9.84 Å². The average molecular weight is 451 g/mol. The molecule has 0 spiro atoms. The predicted octanol–water partition coefficient (Wildman–Crippen LogP) is 1.32. The van der Waals surface area contributed by atoms with Crippen LogP contribution in [0.4, 0.5) is 10.6 Å². The van der Waals surface area contributed by atoms with Crippen LogP contribution in [-0.2, 0) is 17.8 Å². The molecular formula is C22H25N7O4. The Labute approximate surface area is 190 Å². The maximum Gasteiger partial charge on any atom is 0.405 e. The Kier molecular flexibility index (Phi) is 5.68. The van der Waals surface area contributed by atoms with Crippen molar-refractivity contribution in [3.63, 3.8) is 0 Å². The van der Waals surface area contributed by atoms with Crippen molar-refractivity contribution in [3.05, 3.63) is 47.9 Å². The SMILES string of the molecule is O=C(O)NCC(=O)N1CCc2cccc(OCC3CCCN3c3ccnc4ncnn34)c2C1. The number of ether oxygens (including phenoxy) is 1. The standard InChI is InChI=1S/C22H25N7O4/c30-20(11-24-22(31)32)27-10-7-15-3-1-5-18(17(15)12-27)33-13-16-4-2-9-28(16)19-6-8-23-21-25-14-26-29(19)21/h1,3,5-6,8,14,16,24H,2,4,7,9-13H2,(H,31,32). The predicted molar refractivity (Wildman–Crippen MR) is 118 cm³/mol. The summed E-state index contributed by atoms with van der Waals surface area (Å²) >= 11 is 0. The highest BCUT2D eigenvalue weighted by Gasteiger charge is 2.29.